The molecule has 0 saturated carbocycles. The standard InChI is InChI=1S/C13H16N2O6S/c1-21-13(18)9-2-3-11(16)10(5-9)15-6-8(4-12(15)17)7-22(14,19)20/h2-3,5,8,16H,4,6-7H2,1H3,(H2,14,19,20). The number of carbonyl (C=O) groups is 2. The Kier molecular flexibility index (Phi) is 4.38. The lowest BCUT2D eigenvalue weighted by Gasteiger charge is -2.18. The molecule has 0 aliphatic carbocycles. The molecule has 1 heterocycles. The van der Waals surface area contributed by atoms with Crippen LogP contribution in [0, 0.1) is 5.92 Å². The SMILES string of the molecule is COC(=O)c1ccc(O)c(N2CC(CS(N)(=O)=O)CC2=O)c1. The first-order chi connectivity index (χ1) is 10.2. The Labute approximate surface area is 127 Å². The molecule has 3 N–H and O–H groups in total. The zero-order chi connectivity index (χ0) is 16.5. The minimum absolute atomic E-state index is 0.0122. The van der Waals surface area contributed by atoms with Crippen LogP contribution in [0.2, 0.25) is 0 Å². The third kappa shape index (κ3) is 3.55. The third-order valence-electron chi connectivity index (χ3n) is 3.36. The van der Waals surface area contributed by atoms with Crippen LogP contribution < -0.4 is 10.0 Å². The molecule has 0 spiro atoms. The summed E-state index contributed by atoms with van der Waals surface area (Å²) in [6.07, 6.45) is 0.0122. The Morgan fingerprint density at radius 1 is 1.50 bits per heavy atom. The Bertz CT molecular complexity index is 715. The predicted octanol–water partition coefficient (Wildman–Crippen LogP) is -0.180. The summed E-state index contributed by atoms with van der Waals surface area (Å²) in [7, 11) is -2.47. The molecule has 0 radical (unpaired) electrons. The molecule has 120 valence electrons. The number of primary sulfonamides is 1. The number of nitrogens with two attached hydrogens (primary N) is 1. The second-order valence-corrected chi connectivity index (χ2v) is 6.76. The number of phenolic OH excluding ortho intramolecular Hbond substituents is 1. The first kappa shape index (κ1) is 16.2. The fraction of sp³-hybridized carbons (Fsp3) is 0.385. The number of sulfonamides is 1. The second kappa shape index (κ2) is 5.93. The van der Waals surface area contributed by atoms with Gasteiger partial charge in [-0.25, -0.2) is 18.4 Å². The van der Waals surface area contributed by atoms with Crippen molar-refractivity contribution in [2.45, 2.75) is 6.42 Å². The molecular weight excluding hydrogens is 312 g/mol. The van der Waals surface area contributed by atoms with E-state index in [0.29, 0.717) is 0 Å². The summed E-state index contributed by atoms with van der Waals surface area (Å²) in [5.74, 6) is -1.90. The highest BCUT2D eigenvalue weighted by Gasteiger charge is 2.34. The van der Waals surface area contributed by atoms with Gasteiger partial charge in [-0.15, -0.1) is 0 Å². The molecule has 1 saturated heterocycles. The molecule has 9 heteroatoms. The van der Waals surface area contributed by atoms with Gasteiger partial charge in [0.1, 0.15) is 5.75 Å². The Morgan fingerprint density at radius 2 is 2.18 bits per heavy atom. The van der Waals surface area contributed by atoms with E-state index in [9.17, 15) is 23.1 Å². The van der Waals surface area contributed by atoms with E-state index in [-0.39, 0.29) is 41.6 Å². The van der Waals surface area contributed by atoms with Crippen LogP contribution in [-0.2, 0) is 19.6 Å². The lowest BCUT2D eigenvalue weighted by molar-refractivity contribution is -0.117. The lowest BCUT2D eigenvalue weighted by Crippen LogP contribution is -2.27. The van der Waals surface area contributed by atoms with Crippen LogP contribution in [0.1, 0.15) is 16.8 Å². The lowest BCUT2D eigenvalue weighted by atomic mass is 10.1. The molecule has 1 fully saturated rings. The summed E-state index contributed by atoms with van der Waals surface area (Å²) in [6.45, 7) is 0.105. The maximum atomic E-state index is 12.0. The molecule has 1 amide bonds. The largest absolute Gasteiger partial charge is 0.506 e. The molecule has 1 aliphatic heterocycles. The van der Waals surface area contributed by atoms with Gasteiger partial charge in [0.2, 0.25) is 15.9 Å². The normalized spacial score (nSPS) is 18.5. The van der Waals surface area contributed by atoms with Crippen LogP contribution in [0.5, 0.6) is 5.75 Å². The molecule has 1 aromatic carbocycles. The number of methoxy groups -OCH3 is 1. The van der Waals surface area contributed by atoms with E-state index in [2.05, 4.69) is 4.74 Å². The molecule has 1 aliphatic rings. The van der Waals surface area contributed by atoms with Gasteiger partial charge in [-0.1, -0.05) is 0 Å². The van der Waals surface area contributed by atoms with Gasteiger partial charge in [0, 0.05) is 18.9 Å². The van der Waals surface area contributed by atoms with Crippen LogP contribution in [0.25, 0.3) is 0 Å². The minimum atomic E-state index is -3.69. The summed E-state index contributed by atoms with van der Waals surface area (Å²) in [5.41, 5.74) is 0.322. The molecule has 22 heavy (non-hydrogen) atoms. The van der Waals surface area contributed by atoms with E-state index in [1.165, 1.54) is 30.2 Å². The van der Waals surface area contributed by atoms with Crippen molar-refractivity contribution >= 4 is 27.6 Å². The molecule has 0 aromatic heterocycles. The molecule has 2 rings (SSSR count). The van der Waals surface area contributed by atoms with Crippen molar-refractivity contribution < 1.29 is 27.9 Å². The summed E-state index contributed by atoms with van der Waals surface area (Å²) in [5, 5.41) is 14.9. The number of esters is 1. The third-order valence-corrected chi connectivity index (χ3v) is 4.30. The maximum Gasteiger partial charge on any atom is 0.337 e. The number of amides is 1. The van der Waals surface area contributed by atoms with Crippen molar-refractivity contribution in [3.63, 3.8) is 0 Å². The van der Waals surface area contributed by atoms with E-state index < -0.39 is 21.9 Å². The Hall–Kier alpha value is -2.13. The average molecular weight is 328 g/mol. The van der Waals surface area contributed by atoms with E-state index in [1.54, 1.807) is 0 Å². The summed E-state index contributed by atoms with van der Waals surface area (Å²) in [6, 6.07) is 3.98. The monoisotopic (exact) mass is 328 g/mol. The van der Waals surface area contributed by atoms with Crippen molar-refractivity contribution in [3.05, 3.63) is 23.8 Å². The summed E-state index contributed by atoms with van der Waals surface area (Å²) < 4.78 is 26.8. The number of hydrogen-bond acceptors (Lipinski definition) is 6. The number of ether oxygens (including phenoxy) is 1. The summed E-state index contributed by atoms with van der Waals surface area (Å²) >= 11 is 0. The van der Waals surface area contributed by atoms with Crippen molar-refractivity contribution in [1.82, 2.24) is 0 Å². The fourth-order valence-corrected chi connectivity index (χ4v) is 3.32. The second-order valence-electron chi connectivity index (χ2n) is 5.10. The van der Waals surface area contributed by atoms with Crippen LogP contribution in [0.3, 0.4) is 0 Å². The van der Waals surface area contributed by atoms with Crippen molar-refractivity contribution in [2.24, 2.45) is 11.1 Å². The number of phenols is 1. The number of anilines is 1. The summed E-state index contributed by atoms with van der Waals surface area (Å²) in [4.78, 5) is 24.8. The fourth-order valence-electron chi connectivity index (χ4n) is 2.44. The quantitative estimate of drug-likeness (QED) is 0.738. The van der Waals surface area contributed by atoms with E-state index >= 15 is 0 Å². The molecule has 1 atom stereocenters. The van der Waals surface area contributed by atoms with Crippen LogP contribution in [-0.4, -0.2) is 44.8 Å². The Balaban J connectivity index is 2.28. The van der Waals surface area contributed by atoms with E-state index in [0.717, 1.165) is 0 Å². The zero-order valence-corrected chi connectivity index (χ0v) is 12.7. The average Bonchev–Trinajstić information content (AvgIpc) is 2.76. The highest BCUT2D eigenvalue weighted by molar-refractivity contribution is 7.89. The Morgan fingerprint density at radius 3 is 2.77 bits per heavy atom. The van der Waals surface area contributed by atoms with E-state index in [4.69, 9.17) is 5.14 Å². The van der Waals surface area contributed by atoms with Gasteiger partial charge < -0.3 is 14.7 Å². The number of aromatic hydroxyl groups is 1. The highest BCUT2D eigenvalue weighted by atomic mass is 32.2. The molecular formula is C13H16N2O6S. The topological polar surface area (TPSA) is 127 Å². The van der Waals surface area contributed by atoms with Gasteiger partial charge in [0.05, 0.1) is 24.1 Å². The molecule has 0 bridgehead atoms. The highest BCUT2D eigenvalue weighted by Crippen LogP contribution is 2.33. The first-order valence-corrected chi connectivity index (χ1v) is 8.15. The van der Waals surface area contributed by atoms with Gasteiger partial charge >= 0.3 is 5.97 Å². The van der Waals surface area contributed by atoms with Gasteiger partial charge in [0.25, 0.3) is 0 Å². The number of carbonyl (C=O) groups excluding carboxylic acids is 2. The number of hydrogen-bond donors (Lipinski definition) is 2. The van der Waals surface area contributed by atoms with Crippen LogP contribution >= 0.6 is 0 Å². The predicted molar refractivity (Wildman–Crippen MR) is 77.9 cm³/mol. The van der Waals surface area contributed by atoms with Gasteiger partial charge in [-0.05, 0) is 18.2 Å². The van der Waals surface area contributed by atoms with Crippen molar-refractivity contribution in [3.8, 4) is 5.75 Å². The zero-order valence-electron chi connectivity index (χ0n) is 11.9. The van der Waals surface area contributed by atoms with Gasteiger partial charge in [0.15, 0.2) is 0 Å². The minimum Gasteiger partial charge on any atom is -0.506 e. The number of benzene rings is 1. The molecule has 1 aromatic rings. The van der Waals surface area contributed by atoms with Crippen LogP contribution in [0.15, 0.2) is 18.2 Å². The smallest absolute Gasteiger partial charge is 0.337 e. The van der Waals surface area contributed by atoms with Gasteiger partial charge in [-0.3, -0.25) is 4.79 Å². The van der Waals surface area contributed by atoms with Crippen molar-refractivity contribution in [2.75, 3.05) is 24.3 Å². The number of rotatable bonds is 4. The van der Waals surface area contributed by atoms with Gasteiger partial charge in [-0.2, -0.15) is 0 Å². The maximum absolute atomic E-state index is 12.0. The molecule has 1 unspecified atom stereocenters. The van der Waals surface area contributed by atoms with E-state index in [1.807, 2.05) is 0 Å². The van der Waals surface area contributed by atoms with Crippen LogP contribution in [0.4, 0.5) is 5.69 Å². The first-order valence-electron chi connectivity index (χ1n) is 6.43. The number of nitrogens with zero attached hydrogens (tertiary/aromatic N) is 1. The molecule has 8 nitrogen and oxygen atoms in total. The van der Waals surface area contributed by atoms with Crippen molar-refractivity contribution in [1.29, 1.82) is 0 Å².